The molecule has 1 heterocycles. The van der Waals surface area contributed by atoms with Crippen LogP contribution in [0.15, 0.2) is 15.8 Å². The van der Waals surface area contributed by atoms with Crippen molar-refractivity contribution in [2.45, 2.75) is 31.9 Å². The van der Waals surface area contributed by atoms with Crippen molar-refractivity contribution in [1.29, 1.82) is 0 Å². The fourth-order valence-corrected chi connectivity index (χ4v) is 2.45. The van der Waals surface area contributed by atoms with E-state index in [-0.39, 0.29) is 18.6 Å². The summed E-state index contributed by atoms with van der Waals surface area (Å²) >= 11 is 0. The lowest BCUT2D eigenvalue weighted by molar-refractivity contribution is 0.0732. The number of nitrogens with one attached hydrogen (secondary N) is 1. The van der Waals surface area contributed by atoms with Gasteiger partial charge in [-0.15, -0.1) is 0 Å². The van der Waals surface area contributed by atoms with Gasteiger partial charge in [0.1, 0.15) is 0 Å². The number of aryl methyl sites for hydroxylation is 1. The molecule has 0 unspecified atom stereocenters. The van der Waals surface area contributed by atoms with Crippen LogP contribution in [0.2, 0.25) is 0 Å². The second-order valence-corrected chi connectivity index (χ2v) is 4.54. The van der Waals surface area contributed by atoms with Gasteiger partial charge in [-0.05, 0) is 19.8 Å². The molecule has 1 aliphatic carbocycles. The molecule has 0 saturated heterocycles. The molecule has 1 aromatic heterocycles. The summed E-state index contributed by atoms with van der Waals surface area (Å²) in [6.45, 7) is 1.45. The molecule has 17 heavy (non-hydrogen) atoms. The molecule has 3 N–H and O–H groups in total. The maximum absolute atomic E-state index is 11.7. The van der Waals surface area contributed by atoms with E-state index in [0.717, 1.165) is 0 Å². The van der Waals surface area contributed by atoms with E-state index in [4.69, 9.17) is 0 Å². The lowest BCUT2D eigenvalue weighted by Crippen LogP contribution is -2.36. The Morgan fingerprint density at radius 1 is 1.47 bits per heavy atom. The third-order valence-electron chi connectivity index (χ3n) is 3.46. The van der Waals surface area contributed by atoms with Crippen molar-refractivity contribution in [1.82, 2.24) is 9.55 Å². The zero-order valence-electron chi connectivity index (χ0n) is 9.59. The van der Waals surface area contributed by atoms with Crippen molar-refractivity contribution >= 4 is 0 Å². The van der Waals surface area contributed by atoms with Gasteiger partial charge in [-0.3, -0.25) is 14.3 Å². The number of aromatic nitrogens is 2. The van der Waals surface area contributed by atoms with Gasteiger partial charge in [0.25, 0.3) is 5.56 Å². The first kappa shape index (κ1) is 12.1. The molecule has 1 aliphatic rings. The number of aliphatic hydroxyl groups is 2. The number of aliphatic hydroxyl groups excluding tert-OH is 2. The van der Waals surface area contributed by atoms with Gasteiger partial charge in [-0.25, -0.2) is 4.79 Å². The maximum Gasteiger partial charge on any atom is 0.328 e. The topological polar surface area (TPSA) is 95.3 Å². The molecule has 3 atom stereocenters. The first-order valence-electron chi connectivity index (χ1n) is 5.65. The Hall–Kier alpha value is -1.40. The highest BCUT2D eigenvalue weighted by Gasteiger charge is 2.36. The summed E-state index contributed by atoms with van der Waals surface area (Å²) in [7, 11) is 0. The highest BCUT2D eigenvalue weighted by molar-refractivity contribution is 5.03. The molecular weight excluding hydrogens is 224 g/mol. The lowest BCUT2D eigenvalue weighted by atomic mass is 10.0. The van der Waals surface area contributed by atoms with Crippen molar-refractivity contribution in [2.24, 2.45) is 5.92 Å². The minimum absolute atomic E-state index is 0.170. The highest BCUT2D eigenvalue weighted by atomic mass is 16.3. The average molecular weight is 240 g/mol. The van der Waals surface area contributed by atoms with Crippen molar-refractivity contribution in [2.75, 3.05) is 6.61 Å². The maximum atomic E-state index is 11.7. The Labute approximate surface area is 97.5 Å². The fraction of sp³-hybridized carbons (Fsp3) is 0.636. The molecular formula is C11H16N2O4. The minimum atomic E-state index is -0.593. The number of hydrogen-bond donors (Lipinski definition) is 3. The van der Waals surface area contributed by atoms with Crippen molar-refractivity contribution < 1.29 is 10.2 Å². The van der Waals surface area contributed by atoms with E-state index in [0.29, 0.717) is 18.4 Å². The van der Waals surface area contributed by atoms with Crippen LogP contribution in [0.1, 0.15) is 24.4 Å². The quantitative estimate of drug-likeness (QED) is 0.627. The smallest absolute Gasteiger partial charge is 0.328 e. The first-order valence-corrected chi connectivity index (χ1v) is 5.65. The third kappa shape index (κ3) is 2.05. The summed E-state index contributed by atoms with van der Waals surface area (Å²) in [6, 6.07) is -0.252. The molecule has 94 valence electrons. The SMILES string of the molecule is Cc1cn([C@H]2CC[C@H](O)[C@H]2CO)c(=O)[nH]c1=O. The van der Waals surface area contributed by atoms with E-state index in [1.165, 1.54) is 10.8 Å². The molecule has 0 bridgehead atoms. The summed E-state index contributed by atoms with van der Waals surface area (Å²) in [4.78, 5) is 25.2. The monoisotopic (exact) mass is 240 g/mol. The zero-order chi connectivity index (χ0) is 12.6. The molecule has 6 nitrogen and oxygen atoms in total. The molecule has 0 aromatic carbocycles. The number of aromatic amines is 1. The Kier molecular flexibility index (Phi) is 3.17. The summed E-state index contributed by atoms with van der Waals surface area (Å²) in [5, 5.41) is 18.9. The van der Waals surface area contributed by atoms with Gasteiger partial charge in [0.05, 0.1) is 12.7 Å². The number of nitrogens with zero attached hydrogens (tertiary/aromatic N) is 1. The van der Waals surface area contributed by atoms with Gasteiger partial charge >= 0.3 is 5.69 Å². The van der Waals surface area contributed by atoms with Gasteiger partial charge < -0.3 is 10.2 Å². The summed E-state index contributed by atoms with van der Waals surface area (Å²) in [5.74, 6) is -0.349. The number of hydrogen-bond acceptors (Lipinski definition) is 4. The molecule has 0 amide bonds. The molecule has 0 radical (unpaired) electrons. The largest absolute Gasteiger partial charge is 0.396 e. The van der Waals surface area contributed by atoms with Crippen LogP contribution >= 0.6 is 0 Å². The minimum Gasteiger partial charge on any atom is -0.396 e. The Bertz CT molecular complexity index is 519. The van der Waals surface area contributed by atoms with E-state index < -0.39 is 17.4 Å². The zero-order valence-corrected chi connectivity index (χ0v) is 9.59. The summed E-state index contributed by atoms with van der Waals surface area (Å²) < 4.78 is 1.41. The van der Waals surface area contributed by atoms with Gasteiger partial charge in [0.15, 0.2) is 0 Å². The van der Waals surface area contributed by atoms with Crippen molar-refractivity contribution in [3.63, 3.8) is 0 Å². The predicted molar refractivity (Wildman–Crippen MR) is 60.9 cm³/mol. The second-order valence-electron chi connectivity index (χ2n) is 4.54. The van der Waals surface area contributed by atoms with Crippen LogP contribution in [0.4, 0.5) is 0 Å². The Morgan fingerprint density at radius 2 is 2.18 bits per heavy atom. The van der Waals surface area contributed by atoms with Crippen LogP contribution in [-0.2, 0) is 0 Å². The van der Waals surface area contributed by atoms with Crippen LogP contribution in [0.25, 0.3) is 0 Å². The molecule has 6 heteroatoms. The van der Waals surface area contributed by atoms with Gasteiger partial charge in [-0.1, -0.05) is 0 Å². The normalized spacial score (nSPS) is 28.5. The molecule has 1 saturated carbocycles. The van der Waals surface area contributed by atoms with E-state index in [1.54, 1.807) is 6.92 Å². The molecule has 2 rings (SSSR count). The van der Waals surface area contributed by atoms with E-state index >= 15 is 0 Å². The fourth-order valence-electron chi connectivity index (χ4n) is 2.45. The molecule has 1 aromatic rings. The van der Waals surface area contributed by atoms with Crippen LogP contribution in [0, 0.1) is 12.8 Å². The highest BCUT2D eigenvalue weighted by Crippen LogP contribution is 2.34. The average Bonchev–Trinajstić information content (AvgIpc) is 2.64. The summed E-state index contributed by atoms with van der Waals surface area (Å²) in [6.07, 6.45) is 2.08. The molecule has 0 aliphatic heterocycles. The summed E-state index contributed by atoms with van der Waals surface area (Å²) in [5.41, 5.74) is -0.439. The van der Waals surface area contributed by atoms with Gasteiger partial charge in [0, 0.05) is 23.7 Å². The van der Waals surface area contributed by atoms with Crippen LogP contribution in [-0.4, -0.2) is 32.5 Å². The standard InChI is InChI=1S/C11H16N2O4/c1-6-4-13(11(17)12-10(6)16)8-2-3-9(15)7(8)5-14/h4,7-9,14-15H,2-3,5H2,1H3,(H,12,16,17)/t7-,8-,9-/m0/s1. The van der Waals surface area contributed by atoms with E-state index in [9.17, 15) is 19.8 Å². The third-order valence-corrected chi connectivity index (χ3v) is 3.46. The van der Waals surface area contributed by atoms with E-state index in [2.05, 4.69) is 4.98 Å². The lowest BCUT2D eigenvalue weighted by Gasteiger charge is -2.21. The molecule has 0 spiro atoms. The van der Waals surface area contributed by atoms with Crippen LogP contribution < -0.4 is 11.2 Å². The van der Waals surface area contributed by atoms with Crippen molar-refractivity contribution in [3.8, 4) is 0 Å². The second kappa shape index (κ2) is 4.46. The van der Waals surface area contributed by atoms with Crippen molar-refractivity contribution in [3.05, 3.63) is 32.6 Å². The van der Waals surface area contributed by atoms with Gasteiger partial charge in [-0.2, -0.15) is 0 Å². The van der Waals surface area contributed by atoms with Gasteiger partial charge in [0.2, 0.25) is 0 Å². The Balaban J connectivity index is 2.44. The van der Waals surface area contributed by atoms with Crippen LogP contribution in [0.3, 0.4) is 0 Å². The Morgan fingerprint density at radius 3 is 2.82 bits per heavy atom. The first-order chi connectivity index (χ1) is 8.04. The molecule has 1 fully saturated rings. The number of H-pyrrole nitrogens is 1. The number of rotatable bonds is 2. The predicted octanol–water partition coefficient (Wildman–Crippen LogP) is -0.851. The van der Waals surface area contributed by atoms with E-state index in [1.807, 2.05) is 0 Å². The van der Waals surface area contributed by atoms with Crippen LogP contribution in [0.5, 0.6) is 0 Å².